The van der Waals surface area contributed by atoms with Gasteiger partial charge in [-0.1, -0.05) is 44.4 Å². The summed E-state index contributed by atoms with van der Waals surface area (Å²) in [5, 5.41) is 3.85. The van der Waals surface area contributed by atoms with Gasteiger partial charge in [-0.2, -0.15) is 0 Å². The molecule has 3 heteroatoms. The number of benzene rings is 1. The lowest BCUT2D eigenvalue weighted by molar-refractivity contribution is 0.226. The summed E-state index contributed by atoms with van der Waals surface area (Å²) < 4.78 is 13.3. The van der Waals surface area contributed by atoms with E-state index in [4.69, 9.17) is 11.6 Å². The summed E-state index contributed by atoms with van der Waals surface area (Å²) in [7, 11) is 0. The fourth-order valence-electron chi connectivity index (χ4n) is 3.35. The van der Waals surface area contributed by atoms with Crippen molar-refractivity contribution >= 4 is 11.6 Å². The highest BCUT2D eigenvalue weighted by molar-refractivity contribution is 6.30. The van der Waals surface area contributed by atoms with Crippen LogP contribution in [-0.4, -0.2) is 13.1 Å². The molecule has 2 unspecified atom stereocenters. The largest absolute Gasteiger partial charge is 0.316 e. The van der Waals surface area contributed by atoms with Crippen molar-refractivity contribution in [1.82, 2.24) is 5.32 Å². The number of rotatable bonds is 6. The molecule has 0 bridgehead atoms. The molecule has 0 radical (unpaired) electrons. The first-order chi connectivity index (χ1) is 10.1. The summed E-state index contributed by atoms with van der Waals surface area (Å²) in [6, 6.07) is 5.17. The van der Waals surface area contributed by atoms with Crippen molar-refractivity contribution in [2.24, 2.45) is 17.8 Å². The van der Waals surface area contributed by atoms with E-state index < -0.39 is 0 Å². The quantitative estimate of drug-likeness (QED) is 0.773. The molecule has 0 aliphatic heterocycles. The van der Waals surface area contributed by atoms with Crippen LogP contribution in [-0.2, 0) is 6.42 Å². The fraction of sp³-hybridized carbons (Fsp3) is 0.667. The Balaban J connectivity index is 1.93. The number of hydrogen-bond acceptors (Lipinski definition) is 1. The third-order valence-electron chi connectivity index (χ3n) is 4.51. The van der Waals surface area contributed by atoms with Crippen molar-refractivity contribution in [1.29, 1.82) is 0 Å². The van der Waals surface area contributed by atoms with Gasteiger partial charge in [0.2, 0.25) is 0 Å². The maximum Gasteiger partial charge on any atom is 0.141 e. The molecule has 1 N–H and O–H groups in total. The molecule has 2 atom stereocenters. The van der Waals surface area contributed by atoms with Crippen LogP contribution in [0.4, 0.5) is 4.39 Å². The topological polar surface area (TPSA) is 12.0 Å². The molecule has 1 aromatic carbocycles. The predicted octanol–water partition coefficient (Wildman–Crippen LogP) is 5.07. The smallest absolute Gasteiger partial charge is 0.141 e. The van der Waals surface area contributed by atoms with Crippen LogP contribution in [0.15, 0.2) is 18.2 Å². The normalized spacial score (nSPS) is 22.7. The monoisotopic (exact) mass is 311 g/mol. The van der Waals surface area contributed by atoms with E-state index >= 15 is 0 Å². The van der Waals surface area contributed by atoms with Gasteiger partial charge in [-0.25, -0.2) is 4.39 Å². The van der Waals surface area contributed by atoms with E-state index in [-0.39, 0.29) is 10.8 Å². The Labute approximate surface area is 133 Å². The van der Waals surface area contributed by atoms with E-state index in [9.17, 15) is 4.39 Å². The SMILES string of the molecule is CC(C)CNCC1CCCCC1Cc1ccc(F)c(Cl)c1. The van der Waals surface area contributed by atoms with Gasteiger partial charge in [0.05, 0.1) is 5.02 Å². The summed E-state index contributed by atoms with van der Waals surface area (Å²) in [4.78, 5) is 0. The Morgan fingerprint density at radius 3 is 2.62 bits per heavy atom. The van der Waals surface area contributed by atoms with Gasteiger partial charge in [-0.3, -0.25) is 0 Å². The molecule has 0 aromatic heterocycles. The highest BCUT2D eigenvalue weighted by Crippen LogP contribution is 2.33. The Morgan fingerprint density at radius 2 is 1.95 bits per heavy atom. The molecular formula is C18H27ClFN. The summed E-state index contributed by atoms with van der Waals surface area (Å²) in [6.45, 7) is 6.68. The summed E-state index contributed by atoms with van der Waals surface area (Å²) in [5.41, 5.74) is 1.17. The molecule has 118 valence electrons. The van der Waals surface area contributed by atoms with Gasteiger partial charge < -0.3 is 5.32 Å². The molecule has 1 aromatic rings. The third-order valence-corrected chi connectivity index (χ3v) is 4.80. The molecule has 0 heterocycles. The lowest BCUT2D eigenvalue weighted by Gasteiger charge is -2.32. The fourth-order valence-corrected chi connectivity index (χ4v) is 3.55. The van der Waals surface area contributed by atoms with Crippen LogP contribution in [0.5, 0.6) is 0 Å². The number of halogens is 2. The summed E-state index contributed by atoms with van der Waals surface area (Å²) in [6.07, 6.45) is 6.27. The second kappa shape index (κ2) is 8.14. The molecule has 0 spiro atoms. The van der Waals surface area contributed by atoms with E-state index in [0.717, 1.165) is 25.4 Å². The molecule has 1 saturated carbocycles. The third kappa shape index (κ3) is 5.27. The summed E-state index contributed by atoms with van der Waals surface area (Å²) >= 11 is 5.90. The zero-order valence-electron chi connectivity index (χ0n) is 13.2. The van der Waals surface area contributed by atoms with E-state index in [0.29, 0.717) is 11.8 Å². The Bertz CT molecular complexity index is 447. The van der Waals surface area contributed by atoms with Gasteiger partial charge in [0.15, 0.2) is 0 Å². The molecule has 0 amide bonds. The van der Waals surface area contributed by atoms with E-state index in [1.54, 1.807) is 6.07 Å². The van der Waals surface area contributed by atoms with Crippen molar-refractivity contribution in [3.63, 3.8) is 0 Å². The zero-order chi connectivity index (χ0) is 15.2. The number of hydrogen-bond donors (Lipinski definition) is 1. The van der Waals surface area contributed by atoms with Crippen LogP contribution in [0.25, 0.3) is 0 Å². The van der Waals surface area contributed by atoms with Gasteiger partial charge in [0.1, 0.15) is 5.82 Å². The highest BCUT2D eigenvalue weighted by Gasteiger charge is 2.25. The minimum absolute atomic E-state index is 0.248. The van der Waals surface area contributed by atoms with Crippen molar-refractivity contribution in [3.05, 3.63) is 34.6 Å². The molecule has 1 aliphatic carbocycles. The van der Waals surface area contributed by atoms with Crippen molar-refractivity contribution in [2.75, 3.05) is 13.1 Å². The second-order valence-electron chi connectivity index (χ2n) is 6.81. The molecular weight excluding hydrogens is 285 g/mol. The van der Waals surface area contributed by atoms with Crippen LogP contribution >= 0.6 is 11.6 Å². The van der Waals surface area contributed by atoms with E-state index in [2.05, 4.69) is 19.2 Å². The Kier molecular flexibility index (Phi) is 6.50. The van der Waals surface area contributed by atoms with Gasteiger partial charge in [0.25, 0.3) is 0 Å². The molecule has 21 heavy (non-hydrogen) atoms. The molecule has 1 fully saturated rings. The standard InChI is InChI=1S/C18H27ClFN/c1-13(2)11-21-12-16-6-4-3-5-15(16)9-14-7-8-18(20)17(19)10-14/h7-8,10,13,15-16,21H,3-6,9,11-12H2,1-2H3. The lowest BCUT2D eigenvalue weighted by Crippen LogP contribution is -2.33. The first kappa shape index (κ1) is 16.8. The zero-order valence-corrected chi connectivity index (χ0v) is 13.9. The van der Waals surface area contributed by atoms with Crippen LogP contribution in [0.3, 0.4) is 0 Å². The highest BCUT2D eigenvalue weighted by atomic mass is 35.5. The van der Waals surface area contributed by atoms with Gasteiger partial charge in [-0.05, 0) is 67.8 Å². The van der Waals surface area contributed by atoms with Crippen LogP contribution < -0.4 is 5.32 Å². The Hall–Kier alpha value is -0.600. The molecule has 1 aliphatic rings. The number of nitrogens with one attached hydrogen (secondary N) is 1. The van der Waals surface area contributed by atoms with Crippen molar-refractivity contribution in [3.8, 4) is 0 Å². The van der Waals surface area contributed by atoms with Crippen molar-refractivity contribution in [2.45, 2.75) is 46.0 Å². The van der Waals surface area contributed by atoms with E-state index in [1.807, 2.05) is 6.07 Å². The van der Waals surface area contributed by atoms with Crippen LogP contribution in [0, 0.1) is 23.6 Å². The van der Waals surface area contributed by atoms with Gasteiger partial charge in [-0.15, -0.1) is 0 Å². The predicted molar refractivity (Wildman–Crippen MR) is 88.3 cm³/mol. The minimum atomic E-state index is -0.320. The second-order valence-corrected chi connectivity index (χ2v) is 7.22. The lowest BCUT2D eigenvalue weighted by atomic mass is 9.76. The first-order valence-corrected chi connectivity index (χ1v) is 8.58. The average molecular weight is 312 g/mol. The average Bonchev–Trinajstić information content (AvgIpc) is 2.44. The maximum atomic E-state index is 13.3. The summed E-state index contributed by atoms with van der Waals surface area (Å²) in [5.74, 6) is 1.81. The van der Waals surface area contributed by atoms with Crippen LogP contribution in [0.2, 0.25) is 5.02 Å². The first-order valence-electron chi connectivity index (χ1n) is 8.21. The molecule has 1 nitrogen and oxygen atoms in total. The minimum Gasteiger partial charge on any atom is -0.316 e. The van der Waals surface area contributed by atoms with E-state index in [1.165, 1.54) is 37.3 Å². The maximum absolute atomic E-state index is 13.3. The Morgan fingerprint density at radius 1 is 1.24 bits per heavy atom. The van der Waals surface area contributed by atoms with Gasteiger partial charge in [0, 0.05) is 0 Å². The molecule has 0 saturated heterocycles. The van der Waals surface area contributed by atoms with Gasteiger partial charge >= 0.3 is 0 Å². The van der Waals surface area contributed by atoms with Crippen molar-refractivity contribution < 1.29 is 4.39 Å². The molecule has 2 rings (SSSR count). The van der Waals surface area contributed by atoms with Crippen LogP contribution in [0.1, 0.15) is 45.1 Å².